The van der Waals surface area contributed by atoms with Crippen LogP contribution in [0.1, 0.15) is 26.2 Å². The number of ketones is 1. The molecule has 0 aliphatic rings. The van der Waals surface area contributed by atoms with Crippen molar-refractivity contribution >= 4 is 24.2 Å². The molecule has 0 aromatic rings. The molecule has 5 nitrogen and oxygen atoms in total. The van der Waals surface area contributed by atoms with Crippen molar-refractivity contribution < 1.29 is 24.3 Å². The molecule has 0 aliphatic carbocycles. The molecule has 0 aliphatic heterocycles. The molecule has 0 saturated heterocycles. The summed E-state index contributed by atoms with van der Waals surface area (Å²) in [4.78, 5) is 22.3. The number of aliphatic carboxylic acids is 1. The summed E-state index contributed by atoms with van der Waals surface area (Å²) in [5.41, 5.74) is -1.81. The van der Waals surface area contributed by atoms with E-state index in [4.69, 9.17) is 0 Å². The maximum absolute atomic E-state index is 11.7. The Morgan fingerprint density at radius 1 is 1.29 bits per heavy atom. The van der Waals surface area contributed by atoms with Gasteiger partial charge in [-0.15, -0.1) is 12.4 Å². The van der Waals surface area contributed by atoms with Crippen molar-refractivity contribution in [3.63, 3.8) is 0 Å². The van der Waals surface area contributed by atoms with E-state index in [9.17, 15) is 19.8 Å². The number of Topliss-reactive ketones (excluding diaryl/α,β-unsaturated/α-hetero) is 1. The van der Waals surface area contributed by atoms with E-state index in [0.717, 1.165) is 0 Å². The lowest BCUT2D eigenvalue weighted by Gasteiger charge is -2.34. The molecule has 102 valence electrons. The third-order valence-corrected chi connectivity index (χ3v) is 2.17. The lowest BCUT2D eigenvalue weighted by Crippen LogP contribution is -2.56. The van der Waals surface area contributed by atoms with E-state index >= 15 is 0 Å². The van der Waals surface area contributed by atoms with Crippen molar-refractivity contribution in [3.8, 4) is 0 Å². The normalized spacial score (nSPS) is 14.6. The SMILES string of the molecule is CCCC(=O)C(O)(CC(=O)[O-])C[N+](C)(C)C.Cl. The molecule has 0 amide bonds. The zero-order chi connectivity index (χ0) is 13.0. The van der Waals surface area contributed by atoms with Crippen molar-refractivity contribution in [2.75, 3.05) is 27.7 Å². The average molecular weight is 268 g/mol. The van der Waals surface area contributed by atoms with Crippen LogP contribution in [0.5, 0.6) is 0 Å². The molecule has 0 radical (unpaired) electrons. The molecule has 0 bridgehead atoms. The fourth-order valence-corrected chi connectivity index (χ4v) is 1.73. The summed E-state index contributed by atoms with van der Waals surface area (Å²) in [6.07, 6.45) is 0.135. The number of hydrogen-bond donors (Lipinski definition) is 1. The molecule has 0 saturated carbocycles. The first kappa shape index (κ1) is 18.7. The third kappa shape index (κ3) is 7.31. The van der Waals surface area contributed by atoms with Crippen molar-refractivity contribution in [2.45, 2.75) is 31.8 Å². The smallest absolute Gasteiger partial charge is 0.177 e. The van der Waals surface area contributed by atoms with Crippen molar-refractivity contribution in [2.24, 2.45) is 0 Å². The monoisotopic (exact) mass is 267 g/mol. The number of rotatable bonds is 7. The topological polar surface area (TPSA) is 77.4 Å². The molecule has 17 heavy (non-hydrogen) atoms. The number of carbonyl (C=O) groups is 2. The number of nitrogens with zero attached hydrogens (tertiary/aromatic N) is 1. The minimum Gasteiger partial charge on any atom is -0.550 e. The van der Waals surface area contributed by atoms with Gasteiger partial charge >= 0.3 is 0 Å². The maximum atomic E-state index is 11.7. The fourth-order valence-electron chi connectivity index (χ4n) is 1.73. The number of aliphatic hydroxyl groups is 1. The van der Waals surface area contributed by atoms with E-state index in [1.54, 1.807) is 21.1 Å². The molecule has 0 spiro atoms. The fraction of sp³-hybridized carbons (Fsp3) is 0.818. The van der Waals surface area contributed by atoms with Gasteiger partial charge in [-0.1, -0.05) is 6.92 Å². The molecule has 0 rings (SSSR count). The molecule has 1 atom stereocenters. The first-order valence-electron chi connectivity index (χ1n) is 5.37. The van der Waals surface area contributed by atoms with Gasteiger partial charge in [-0.3, -0.25) is 4.79 Å². The highest BCUT2D eigenvalue weighted by Gasteiger charge is 2.40. The number of carbonyl (C=O) groups excluding carboxylic acids is 2. The van der Waals surface area contributed by atoms with Crippen LogP contribution in [-0.4, -0.2) is 54.6 Å². The quantitative estimate of drug-likeness (QED) is 0.622. The molecule has 1 N–H and O–H groups in total. The second-order valence-electron chi connectivity index (χ2n) is 5.20. The summed E-state index contributed by atoms with van der Waals surface area (Å²) in [6.45, 7) is 1.88. The zero-order valence-electron chi connectivity index (χ0n) is 10.9. The number of halogens is 1. The van der Waals surface area contributed by atoms with Crippen LogP contribution >= 0.6 is 12.4 Å². The van der Waals surface area contributed by atoms with Gasteiger partial charge < -0.3 is 19.5 Å². The highest BCUT2D eigenvalue weighted by Crippen LogP contribution is 2.18. The molecule has 0 aromatic heterocycles. The van der Waals surface area contributed by atoms with Gasteiger partial charge in [-0.2, -0.15) is 0 Å². The Morgan fingerprint density at radius 2 is 1.76 bits per heavy atom. The van der Waals surface area contributed by atoms with Gasteiger partial charge in [0.2, 0.25) is 0 Å². The van der Waals surface area contributed by atoms with Gasteiger partial charge in [0.15, 0.2) is 11.4 Å². The van der Waals surface area contributed by atoms with Crippen molar-refractivity contribution in [1.82, 2.24) is 0 Å². The molecular formula is C11H22ClNO4. The van der Waals surface area contributed by atoms with Gasteiger partial charge in [0.25, 0.3) is 0 Å². The average Bonchev–Trinajstić information content (AvgIpc) is 1.98. The van der Waals surface area contributed by atoms with Crippen LogP contribution in [0.2, 0.25) is 0 Å². The van der Waals surface area contributed by atoms with Gasteiger partial charge in [0.05, 0.1) is 21.1 Å². The van der Waals surface area contributed by atoms with E-state index in [0.29, 0.717) is 10.9 Å². The summed E-state index contributed by atoms with van der Waals surface area (Å²) in [6, 6.07) is 0. The Morgan fingerprint density at radius 3 is 2.06 bits per heavy atom. The second kappa shape index (κ2) is 6.93. The zero-order valence-corrected chi connectivity index (χ0v) is 11.7. The standard InChI is InChI=1S/C11H21NO4.ClH/c1-5-6-9(13)11(16,7-10(14)15)8-12(2,3)4;/h16H,5-8H2,1-4H3;1H. The number of quaternary nitrogens is 1. The first-order valence-corrected chi connectivity index (χ1v) is 5.37. The summed E-state index contributed by atoms with van der Waals surface area (Å²) < 4.78 is 0.319. The summed E-state index contributed by atoms with van der Waals surface area (Å²) in [7, 11) is 5.37. The molecule has 0 heterocycles. The number of carboxylic acids is 1. The van der Waals surface area contributed by atoms with Crippen LogP contribution in [0.4, 0.5) is 0 Å². The van der Waals surface area contributed by atoms with Gasteiger partial charge in [-0.05, 0) is 6.42 Å². The molecule has 0 fully saturated rings. The van der Waals surface area contributed by atoms with E-state index in [1.165, 1.54) is 0 Å². The molecule has 1 unspecified atom stereocenters. The molecular weight excluding hydrogens is 246 g/mol. The van der Waals surface area contributed by atoms with Crippen LogP contribution in [0.3, 0.4) is 0 Å². The molecule has 0 aromatic carbocycles. The summed E-state index contributed by atoms with van der Waals surface area (Å²) >= 11 is 0. The van der Waals surface area contributed by atoms with Crippen LogP contribution < -0.4 is 5.11 Å². The number of likely N-dealkylation sites (N-methyl/N-ethyl adjacent to an activating group) is 1. The Labute approximate surface area is 108 Å². The van der Waals surface area contributed by atoms with E-state index < -0.39 is 23.8 Å². The van der Waals surface area contributed by atoms with E-state index in [2.05, 4.69) is 0 Å². The van der Waals surface area contributed by atoms with Crippen molar-refractivity contribution in [3.05, 3.63) is 0 Å². The van der Waals surface area contributed by atoms with Crippen LogP contribution in [0, 0.1) is 0 Å². The maximum Gasteiger partial charge on any atom is 0.177 e. The molecule has 6 heteroatoms. The highest BCUT2D eigenvalue weighted by atomic mass is 35.5. The Bertz CT molecular complexity index is 275. The van der Waals surface area contributed by atoms with E-state index in [-0.39, 0.29) is 25.4 Å². The minimum atomic E-state index is -1.81. The predicted octanol–water partition coefficient (Wildman–Crippen LogP) is -0.645. The van der Waals surface area contributed by atoms with Crippen LogP contribution in [0.25, 0.3) is 0 Å². The lowest BCUT2D eigenvalue weighted by molar-refractivity contribution is -0.875. The lowest BCUT2D eigenvalue weighted by atomic mass is 9.90. The Hall–Kier alpha value is -0.650. The Balaban J connectivity index is 0. The summed E-state index contributed by atoms with van der Waals surface area (Å²) in [5.74, 6) is -1.83. The predicted molar refractivity (Wildman–Crippen MR) is 64.6 cm³/mol. The highest BCUT2D eigenvalue weighted by molar-refractivity contribution is 5.90. The third-order valence-electron chi connectivity index (χ3n) is 2.17. The van der Waals surface area contributed by atoms with Gasteiger partial charge in [0, 0.05) is 18.8 Å². The van der Waals surface area contributed by atoms with Gasteiger partial charge in [0.1, 0.15) is 6.54 Å². The number of carboxylic acid groups (broad SMARTS) is 1. The first-order chi connectivity index (χ1) is 7.10. The minimum absolute atomic E-state index is 0. The van der Waals surface area contributed by atoms with E-state index in [1.807, 2.05) is 6.92 Å². The van der Waals surface area contributed by atoms with Gasteiger partial charge in [-0.25, -0.2) is 0 Å². The van der Waals surface area contributed by atoms with Crippen molar-refractivity contribution in [1.29, 1.82) is 0 Å². The van der Waals surface area contributed by atoms with Crippen LogP contribution in [-0.2, 0) is 9.59 Å². The van der Waals surface area contributed by atoms with Crippen LogP contribution in [0.15, 0.2) is 0 Å². The summed E-state index contributed by atoms with van der Waals surface area (Å²) in [5, 5.41) is 20.7. The Kier molecular flexibility index (Phi) is 7.63. The second-order valence-corrected chi connectivity index (χ2v) is 5.20. The largest absolute Gasteiger partial charge is 0.550 e. The number of hydrogen-bond acceptors (Lipinski definition) is 4.